The molecule has 0 radical (unpaired) electrons. The SMILES string of the molecule is NC1CCC2CN(C(=O)c3cccc(OCc4cccs4)c3)CC12. The Kier molecular flexibility index (Phi) is 4.29. The first kappa shape index (κ1) is 15.7. The predicted octanol–water partition coefficient (Wildman–Crippen LogP) is 3.14. The summed E-state index contributed by atoms with van der Waals surface area (Å²) in [4.78, 5) is 15.9. The van der Waals surface area contributed by atoms with Crippen LogP contribution < -0.4 is 10.5 Å². The lowest BCUT2D eigenvalue weighted by molar-refractivity contribution is 0.0779. The van der Waals surface area contributed by atoms with Gasteiger partial charge in [0.2, 0.25) is 0 Å². The number of carbonyl (C=O) groups excluding carboxylic acids is 1. The quantitative estimate of drug-likeness (QED) is 0.929. The highest BCUT2D eigenvalue weighted by Gasteiger charge is 2.42. The van der Waals surface area contributed by atoms with E-state index in [2.05, 4.69) is 0 Å². The monoisotopic (exact) mass is 342 g/mol. The van der Waals surface area contributed by atoms with Gasteiger partial charge < -0.3 is 15.4 Å². The Bertz CT molecular complexity index is 716. The van der Waals surface area contributed by atoms with Crippen LogP contribution in [-0.4, -0.2) is 29.9 Å². The van der Waals surface area contributed by atoms with Gasteiger partial charge >= 0.3 is 0 Å². The minimum absolute atomic E-state index is 0.0955. The molecule has 24 heavy (non-hydrogen) atoms. The molecule has 1 aromatic heterocycles. The second-order valence-corrected chi connectivity index (χ2v) is 7.80. The van der Waals surface area contributed by atoms with Crippen LogP contribution in [0.5, 0.6) is 5.75 Å². The lowest BCUT2D eigenvalue weighted by Gasteiger charge is -2.19. The number of hydrogen-bond donors (Lipinski definition) is 1. The number of nitrogens with two attached hydrogens (primary N) is 1. The van der Waals surface area contributed by atoms with E-state index in [0.717, 1.165) is 31.7 Å². The number of amides is 1. The Labute approximate surface area is 146 Å². The highest BCUT2D eigenvalue weighted by atomic mass is 32.1. The number of rotatable bonds is 4. The van der Waals surface area contributed by atoms with Crippen molar-refractivity contribution in [3.63, 3.8) is 0 Å². The van der Waals surface area contributed by atoms with Crippen molar-refractivity contribution in [2.24, 2.45) is 17.6 Å². The maximum atomic E-state index is 12.8. The highest BCUT2D eigenvalue weighted by molar-refractivity contribution is 7.09. The van der Waals surface area contributed by atoms with Gasteiger partial charge in [-0.25, -0.2) is 0 Å². The van der Waals surface area contributed by atoms with Crippen molar-refractivity contribution in [3.8, 4) is 5.75 Å². The molecule has 2 heterocycles. The summed E-state index contributed by atoms with van der Waals surface area (Å²) in [7, 11) is 0. The third-order valence-corrected chi connectivity index (χ3v) is 6.09. The normalized spacial score (nSPS) is 25.7. The molecule has 2 aliphatic rings. The minimum atomic E-state index is 0.0955. The topological polar surface area (TPSA) is 55.6 Å². The maximum absolute atomic E-state index is 12.8. The molecule has 0 spiro atoms. The third kappa shape index (κ3) is 3.06. The van der Waals surface area contributed by atoms with E-state index in [0.29, 0.717) is 24.0 Å². The second-order valence-electron chi connectivity index (χ2n) is 6.77. The summed E-state index contributed by atoms with van der Waals surface area (Å²) in [5.74, 6) is 1.90. The van der Waals surface area contributed by atoms with Crippen molar-refractivity contribution in [2.45, 2.75) is 25.5 Å². The van der Waals surface area contributed by atoms with Gasteiger partial charge in [0, 0.05) is 29.6 Å². The van der Waals surface area contributed by atoms with Crippen molar-refractivity contribution < 1.29 is 9.53 Å². The van der Waals surface area contributed by atoms with Gasteiger partial charge in [0.1, 0.15) is 12.4 Å². The molecule has 1 aliphatic carbocycles. The molecule has 1 amide bonds. The smallest absolute Gasteiger partial charge is 0.254 e. The summed E-state index contributed by atoms with van der Waals surface area (Å²) in [5.41, 5.74) is 6.88. The van der Waals surface area contributed by atoms with Crippen LogP contribution in [0.4, 0.5) is 0 Å². The van der Waals surface area contributed by atoms with Crippen molar-refractivity contribution >= 4 is 17.2 Å². The lowest BCUT2D eigenvalue weighted by Crippen LogP contribution is -2.33. The number of nitrogens with zero attached hydrogens (tertiary/aromatic N) is 1. The van der Waals surface area contributed by atoms with E-state index < -0.39 is 0 Å². The molecular formula is C19H22N2O2S. The largest absolute Gasteiger partial charge is 0.488 e. The molecule has 2 N–H and O–H groups in total. The first-order valence-corrected chi connectivity index (χ1v) is 9.39. The Balaban J connectivity index is 1.42. The first-order valence-electron chi connectivity index (χ1n) is 8.51. The van der Waals surface area contributed by atoms with Crippen LogP contribution in [-0.2, 0) is 6.61 Å². The molecule has 0 bridgehead atoms. The molecule has 3 unspecified atom stereocenters. The third-order valence-electron chi connectivity index (χ3n) is 5.24. The van der Waals surface area contributed by atoms with Crippen LogP contribution in [0, 0.1) is 11.8 Å². The van der Waals surface area contributed by atoms with Crippen LogP contribution in [0.3, 0.4) is 0 Å². The molecule has 126 valence electrons. The van der Waals surface area contributed by atoms with Gasteiger partial charge in [-0.3, -0.25) is 4.79 Å². The summed E-state index contributed by atoms with van der Waals surface area (Å²) in [6.45, 7) is 2.18. The van der Waals surface area contributed by atoms with Crippen LogP contribution in [0.2, 0.25) is 0 Å². The fraction of sp³-hybridized carbons (Fsp3) is 0.421. The van der Waals surface area contributed by atoms with Gasteiger partial charge in [-0.2, -0.15) is 0 Å². The first-order chi connectivity index (χ1) is 11.7. The molecule has 4 nitrogen and oxygen atoms in total. The summed E-state index contributed by atoms with van der Waals surface area (Å²) in [6, 6.07) is 11.8. The average Bonchev–Trinajstić information content (AvgIpc) is 3.32. The standard InChI is InChI=1S/C19H22N2O2S/c20-18-7-6-14-10-21(11-17(14)18)19(22)13-3-1-4-15(9-13)23-12-16-5-2-8-24-16/h1-5,8-9,14,17-18H,6-7,10-12,20H2. The number of hydrogen-bond acceptors (Lipinski definition) is 4. The van der Waals surface area contributed by atoms with Gasteiger partial charge in [0.15, 0.2) is 0 Å². The van der Waals surface area contributed by atoms with Gasteiger partial charge in [-0.15, -0.1) is 11.3 Å². The van der Waals surface area contributed by atoms with Gasteiger partial charge in [-0.1, -0.05) is 12.1 Å². The highest BCUT2D eigenvalue weighted by Crippen LogP contribution is 2.37. The zero-order valence-electron chi connectivity index (χ0n) is 13.6. The molecule has 3 atom stereocenters. The predicted molar refractivity (Wildman–Crippen MR) is 95.2 cm³/mol. The summed E-state index contributed by atoms with van der Waals surface area (Å²) in [5, 5.41) is 2.04. The van der Waals surface area contributed by atoms with Crippen LogP contribution >= 0.6 is 11.3 Å². The lowest BCUT2D eigenvalue weighted by atomic mass is 9.98. The molecule has 2 aromatic rings. The van der Waals surface area contributed by atoms with Crippen molar-refractivity contribution in [2.75, 3.05) is 13.1 Å². The summed E-state index contributed by atoms with van der Waals surface area (Å²) >= 11 is 1.67. The van der Waals surface area contributed by atoms with E-state index in [1.54, 1.807) is 11.3 Å². The molecule has 2 fully saturated rings. The van der Waals surface area contributed by atoms with E-state index in [1.165, 1.54) is 4.88 Å². The van der Waals surface area contributed by atoms with E-state index in [-0.39, 0.29) is 11.9 Å². The average molecular weight is 342 g/mol. The Morgan fingerprint density at radius 3 is 2.96 bits per heavy atom. The van der Waals surface area contributed by atoms with Gasteiger partial charge in [0.25, 0.3) is 5.91 Å². The van der Waals surface area contributed by atoms with Gasteiger partial charge in [0.05, 0.1) is 0 Å². The fourth-order valence-electron chi connectivity index (χ4n) is 3.92. The van der Waals surface area contributed by atoms with Crippen LogP contribution in [0.1, 0.15) is 28.1 Å². The Morgan fingerprint density at radius 1 is 1.25 bits per heavy atom. The van der Waals surface area contributed by atoms with E-state index >= 15 is 0 Å². The number of ether oxygens (including phenoxy) is 1. The molecular weight excluding hydrogens is 320 g/mol. The van der Waals surface area contributed by atoms with Crippen molar-refractivity contribution in [1.82, 2.24) is 4.90 Å². The number of benzene rings is 1. The molecule has 1 aromatic carbocycles. The Morgan fingerprint density at radius 2 is 2.17 bits per heavy atom. The zero-order valence-corrected chi connectivity index (χ0v) is 14.4. The Hall–Kier alpha value is -1.85. The molecule has 4 rings (SSSR count). The van der Waals surface area contributed by atoms with E-state index in [4.69, 9.17) is 10.5 Å². The van der Waals surface area contributed by atoms with Gasteiger partial charge in [-0.05, 0) is 54.3 Å². The number of carbonyl (C=O) groups is 1. The van der Waals surface area contributed by atoms with Crippen LogP contribution in [0.25, 0.3) is 0 Å². The number of fused-ring (bicyclic) bond motifs is 1. The summed E-state index contributed by atoms with van der Waals surface area (Å²) in [6.07, 6.45) is 2.25. The number of likely N-dealkylation sites (tertiary alicyclic amines) is 1. The number of thiophene rings is 1. The molecule has 1 saturated carbocycles. The van der Waals surface area contributed by atoms with Crippen LogP contribution in [0.15, 0.2) is 41.8 Å². The molecule has 1 aliphatic heterocycles. The van der Waals surface area contributed by atoms with Crippen molar-refractivity contribution in [1.29, 1.82) is 0 Å². The maximum Gasteiger partial charge on any atom is 0.254 e. The zero-order chi connectivity index (χ0) is 16.5. The molecule has 1 saturated heterocycles. The minimum Gasteiger partial charge on any atom is -0.488 e. The molecule has 5 heteroatoms. The van der Waals surface area contributed by atoms with E-state index in [1.807, 2.05) is 46.7 Å². The van der Waals surface area contributed by atoms with Crippen molar-refractivity contribution in [3.05, 3.63) is 52.2 Å². The van der Waals surface area contributed by atoms with E-state index in [9.17, 15) is 4.79 Å². The fourth-order valence-corrected chi connectivity index (χ4v) is 4.54. The summed E-state index contributed by atoms with van der Waals surface area (Å²) < 4.78 is 5.82. The second kappa shape index (κ2) is 6.57.